The van der Waals surface area contributed by atoms with E-state index in [0.29, 0.717) is 12.5 Å². The molecule has 3 rings (SSSR count). The molecule has 2 aromatic carbocycles. The van der Waals surface area contributed by atoms with E-state index < -0.39 is 17.5 Å². The van der Waals surface area contributed by atoms with Crippen LogP contribution in [0.4, 0.5) is 8.78 Å². The van der Waals surface area contributed by atoms with E-state index in [4.69, 9.17) is 4.42 Å². The Kier molecular flexibility index (Phi) is 4.10. The number of hydrogen-bond donors (Lipinski definition) is 1. The van der Waals surface area contributed by atoms with Crippen molar-refractivity contribution in [2.75, 3.05) is 0 Å². The van der Waals surface area contributed by atoms with Crippen molar-refractivity contribution in [1.82, 2.24) is 5.32 Å². The molecule has 1 atom stereocenters. The largest absolute Gasteiger partial charge is 0.461 e. The molecule has 1 amide bonds. The number of benzene rings is 2. The third-order valence-electron chi connectivity index (χ3n) is 3.54. The van der Waals surface area contributed by atoms with E-state index in [9.17, 15) is 13.6 Å². The van der Waals surface area contributed by atoms with Crippen molar-refractivity contribution in [2.45, 2.75) is 19.4 Å². The lowest BCUT2D eigenvalue weighted by Crippen LogP contribution is -2.34. The van der Waals surface area contributed by atoms with E-state index in [0.717, 1.165) is 28.9 Å². The molecule has 0 aliphatic heterocycles. The maximum atomic E-state index is 13.6. The molecule has 3 aromatic rings. The Balaban J connectivity index is 1.68. The average Bonchev–Trinajstić information content (AvgIpc) is 2.88. The zero-order chi connectivity index (χ0) is 16.4. The number of para-hydroxylation sites is 1. The third kappa shape index (κ3) is 3.39. The summed E-state index contributed by atoms with van der Waals surface area (Å²) in [6.07, 6.45) is 0.475. The lowest BCUT2D eigenvalue weighted by atomic mass is 10.1. The fraction of sp³-hybridized carbons (Fsp3) is 0.167. The highest BCUT2D eigenvalue weighted by molar-refractivity contribution is 5.94. The molecule has 118 valence electrons. The molecule has 0 saturated carbocycles. The first-order valence-electron chi connectivity index (χ1n) is 7.26. The minimum absolute atomic E-state index is 0.178. The van der Waals surface area contributed by atoms with Gasteiger partial charge in [-0.3, -0.25) is 4.79 Å². The summed E-state index contributed by atoms with van der Waals surface area (Å²) in [7, 11) is 0. The first-order chi connectivity index (χ1) is 11.0. The number of nitrogens with one attached hydrogen (secondary N) is 1. The molecule has 5 heteroatoms. The molecule has 1 aromatic heterocycles. The fourth-order valence-electron chi connectivity index (χ4n) is 2.47. The summed E-state index contributed by atoms with van der Waals surface area (Å²) in [5, 5.41) is 3.68. The van der Waals surface area contributed by atoms with E-state index >= 15 is 0 Å². The summed E-state index contributed by atoms with van der Waals surface area (Å²) in [4.78, 5) is 12.0. The molecule has 0 fully saturated rings. The minimum atomic E-state index is -0.876. The number of carbonyl (C=O) groups is 1. The van der Waals surface area contributed by atoms with E-state index in [1.54, 1.807) is 6.92 Å². The summed E-state index contributed by atoms with van der Waals surface area (Å²) in [6.45, 7) is 1.80. The lowest BCUT2D eigenvalue weighted by molar-refractivity contribution is 0.0935. The highest BCUT2D eigenvalue weighted by Crippen LogP contribution is 2.20. The van der Waals surface area contributed by atoms with Crippen molar-refractivity contribution in [3.8, 4) is 0 Å². The van der Waals surface area contributed by atoms with Crippen molar-refractivity contribution in [3.05, 3.63) is 71.5 Å². The molecule has 0 aliphatic rings. The van der Waals surface area contributed by atoms with Gasteiger partial charge in [0.2, 0.25) is 0 Å². The van der Waals surface area contributed by atoms with Gasteiger partial charge in [0.25, 0.3) is 5.91 Å². The Bertz CT molecular complexity index is 824. The molecular weight excluding hydrogens is 300 g/mol. The van der Waals surface area contributed by atoms with Crippen molar-refractivity contribution in [1.29, 1.82) is 0 Å². The van der Waals surface area contributed by atoms with E-state index in [1.165, 1.54) is 0 Å². The Morgan fingerprint density at radius 2 is 1.96 bits per heavy atom. The second kappa shape index (κ2) is 6.20. The number of hydrogen-bond acceptors (Lipinski definition) is 2. The van der Waals surface area contributed by atoms with Crippen LogP contribution in [0.15, 0.2) is 52.9 Å². The maximum absolute atomic E-state index is 13.6. The molecule has 1 N–H and O–H groups in total. The molecule has 0 spiro atoms. The number of fused-ring (bicyclic) bond motifs is 1. The molecule has 3 nitrogen and oxygen atoms in total. The quantitative estimate of drug-likeness (QED) is 0.788. The van der Waals surface area contributed by atoms with Crippen LogP contribution < -0.4 is 5.32 Å². The molecule has 23 heavy (non-hydrogen) atoms. The van der Waals surface area contributed by atoms with Crippen LogP contribution >= 0.6 is 0 Å². The minimum Gasteiger partial charge on any atom is -0.461 e. The summed E-state index contributed by atoms with van der Waals surface area (Å²) in [5.41, 5.74) is 0.605. The van der Waals surface area contributed by atoms with Crippen molar-refractivity contribution < 1.29 is 18.0 Å². The number of halogens is 2. The van der Waals surface area contributed by atoms with Gasteiger partial charge >= 0.3 is 0 Å². The Morgan fingerprint density at radius 1 is 1.17 bits per heavy atom. The van der Waals surface area contributed by atoms with Gasteiger partial charge in [0.1, 0.15) is 23.0 Å². The van der Waals surface area contributed by atoms with Crippen LogP contribution in [-0.2, 0) is 6.42 Å². The van der Waals surface area contributed by atoms with Crippen LogP contribution in [0.1, 0.15) is 23.0 Å². The van der Waals surface area contributed by atoms with Gasteiger partial charge in [-0.05, 0) is 31.2 Å². The Morgan fingerprint density at radius 3 is 2.70 bits per heavy atom. The van der Waals surface area contributed by atoms with Crippen LogP contribution in [0, 0.1) is 11.6 Å². The highest BCUT2D eigenvalue weighted by Gasteiger charge is 2.16. The number of amides is 1. The van der Waals surface area contributed by atoms with Gasteiger partial charge in [-0.25, -0.2) is 8.78 Å². The van der Waals surface area contributed by atoms with Crippen LogP contribution in [0.25, 0.3) is 11.0 Å². The van der Waals surface area contributed by atoms with Crippen molar-refractivity contribution >= 4 is 16.9 Å². The zero-order valence-corrected chi connectivity index (χ0v) is 12.5. The molecule has 0 aliphatic carbocycles. The van der Waals surface area contributed by atoms with Gasteiger partial charge in [-0.1, -0.05) is 18.2 Å². The standard InChI is InChI=1S/C18H15F2NO2/c1-11(8-14-9-12-4-2-3-5-17(12)23-14)21-18(22)15-7-6-13(19)10-16(15)20/h2-7,9-11H,8H2,1H3,(H,21,22)/t11-/m1/s1. The molecule has 0 unspecified atom stereocenters. The van der Waals surface area contributed by atoms with Crippen LogP contribution in [0.5, 0.6) is 0 Å². The second-order valence-corrected chi connectivity index (χ2v) is 5.45. The third-order valence-corrected chi connectivity index (χ3v) is 3.54. The topological polar surface area (TPSA) is 42.2 Å². The highest BCUT2D eigenvalue weighted by atomic mass is 19.1. The smallest absolute Gasteiger partial charge is 0.254 e. The van der Waals surface area contributed by atoms with Gasteiger partial charge < -0.3 is 9.73 Å². The van der Waals surface area contributed by atoms with E-state index in [1.807, 2.05) is 30.3 Å². The van der Waals surface area contributed by atoms with Crippen molar-refractivity contribution in [2.24, 2.45) is 0 Å². The van der Waals surface area contributed by atoms with Crippen LogP contribution in [-0.4, -0.2) is 11.9 Å². The first kappa shape index (κ1) is 15.2. The average molecular weight is 315 g/mol. The summed E-state index contributed by atoms with van der Waals surface area (Å²) in [6, 6.07) is 12.2. The molecule has 0 bridgehead atoms. The van der Waals surface area contributed by atoms with Gasteiger partial charge in [0.15, 0.2) is 0 Å². The van der Waals surface area contributed by atoms with E-state index in [-0.39, 0.29) is 11.6 Å². The SMILES string of the molecule is C[C@H](Cc1cc2ccccc2o1)NC(=O)c1ccc(F)cc1F. The fourth-order valence-corrected chi connectivity index (χ4v) is 2.47. The van der Waals surface area contributed by atoms with E-state index in [2.05, 4.69) is 5.32 Å². The zero-order valence-electron chi connectivity index (χ0n) is 12.5. The molecular formula is C18H15F2NO2. The van der Waals surface area contributed by atoms with Crippen LogP contribution in [0.2, 0.25) is 0 Å². The summed E-state index contributed by atoms with van der Waals surface area (Å²) in [5.74, 6) is -1.43. The molecule has 0 radical (unpaired) electrons. The monoisotopic (exact) mass is 315 g/mol. The second-order valence-electron chi connectivity index (χ2n) is 5.45. The predicted molar refractivity (Wildman–Crippen MR) is 83.2 cm³/mol. The first-order valence-corrected chi connectivity index (χ1v) is 7.26. The van der Waals surface area contributed by atoms with Gasteiger partial charge in [0, 0.05) is 23.9 Å². The van der Waals surface area contributed by atoms with Crippen molar-refractivity contribution in [3.63, 3.8) is 0 Å². The number of furan rings is 1. The number of rotatable bonds is 4. The lowest BCUT2D eigenvalue weighted by Gasteiger charge is -2.13. The Labute approximate surface area is 131 Å². The summed E-state index contributed by atoms with van der Waals surface area (Å²) < 4.78 is 32.2. The molecule has 0 saturated heterocycles. The number of carbonyl (C=O) groups excluding carboxylic acids is 1. The van der Waals surface area contributed by atoms with Gasteiger partial charge in [-0.2, -0.15) is 0 Å². The molecule has 1 heterocycles. The normalized spacial score (nSPS) is 12.3. The van der Waals surface area contributed by atoms with Gasteiger partial charge in [0.05, 0.1) is 5.56 Å². The van der Waals surface area contributed by atoms with Gasteiger partial charge in [-0.15, -0.1) is 0 Å². The maximum Gasteiger partial charge on any atom is 0.254 e. The summed E-state index contributed by atoms with van der Waals surface area (Å²) >= 11 is 0. The Hall–Kier alpha value is -2.69. The van der Waals surface area contributed by atoms with Crippen LogP contribution in [0.3, 0.4) is 0 Å². The predicted octanol–water partition coefficient (Wildman–Crippen LogP) is 4.07.